The maximum Gasteiger partial charge on any atom is 1.00 e. The van der Waals surface area contributed by atoms with Crippen LogP contribution in [0.4, 0.5) is 0 Å². The van der Waals surface area contributed by atoms with Crippen molar-refractivity contribution < 1.29 is 192 Å². The van der Waals surface area contributed by atoms with Crippen LogP contribution in [0.15, 0.2) is 0 Å². The molecule has 1 heterocycles. The van der Waals surface area contributed by atoms with Gasteiger partial charge < -0.3 is 22.9 Å². The van der Waals surface area contributed by atoms with Gasteiger partial charge >= 0.3 is 118 Å². The van der Waals surface area contributed by atoms with Gasteiger partial charge in [0.1, 0.15) is 24.4 Å². The molecule has 4 atom stereocenters. The van der Waals surface area contributed by atoms with Crippen LogP contribution in [0.5, 0.6) is 0 Å². The average Bonchev–Trinajstić information content (AvgIpc) is 2.36. The van der Waals surface area contributed by atoms with E-state index in [2.05, 4.69) is 21.5 Å². The Bertz CT molecular complexity index is 945. The molecule has 1 rings (SSSR count). The first-order valence-electron chi connectivity index (χ1n) is 6.00. The SMILES string of the molecule is O=S(=O)([O-])OCC1OCC(OS(=O)(=O)[O-])C(OS(=O)(=O)[O-])C1OS(=O)(=O)[O-].[Na+].[Na+].[Na+].[Na+]. The number of rotatable bonds is 9. The van der Waals surface area contributed by atoms with Crippen LogP contribution in [0.1, 0.15) is 0 Å². The molecule has 0 amide bonds. The zero-order valence-corrected chi connectivity index (χ0v) is 27.6. The number of hydrogen-bond acceptors (Lipinski definition) is 17. The van der Waals surface area contributed by atoms with E-state index >= 15 is 0 Å². The largest absolute Gasteiger partial charge is 1.00 e. The Morgan fingerprint density at radius 2 is 1.03 bits per heavy atom. The van der Waals surface area contributed by atoms with Crippen LogP contribution in [0.3, 0.4) is 0 Å². The Morgan fingerprint density at radius 1 is 0.645 bits per heavy atom. The Balaban J connectivity index is -0.000000911. The molecule has 0 aromatic rings. The first-order valence-corrected chi connectivity index (χ1v) is 11.3. The second kappa shape index (κ2) is 16.3. The zero-order valence-electron chi connectivity index (χ0n) is 16.3. The molecule has 31 heavy (non-hydrogen) atoms. The fraction of sp³-hybridized carbons (Fsp3) is 1.00. The van der Waals surface area contributed by atoms with Crippen molar-refractivity contribution in [1.82, 2.24) is 0 Å². The third-order valence-electron chi connectivity index (χ3n) is 2.61. The quantitative estimate of drug-likeness (QED) is 0.141. The van der Waals surface area contributed by atoms with Gasteiger partial charge in [-0.05, 0) is 0 Å². The van der Waals surface area contributed by atoms with Crippen LogP contribution in [0, 0.1) is 0 Å². The molecular weight excluding hydrogens is 564 g/mol. The Morgan fingerprint density at radius 3 is 1.39 bits per heavy atom. The third kappa shape index (κ3) is 19.2. The summed E-state index contributed by atoms with van der Waals surface area (Å²) in [5.74, 6) is 0. The summed E-state index contributed by atoms with van der Waals surface area (Å²) in [6.45, 7) is -2.49. The summed E-state index contributed by atoms with van der Waals surface area (Å²) >= 11 is 0. The fourth-order valence-electron chi connectivity index (χ4n) is 1.86. The maximum absolute atomic E-state index is 10.8. The van der Waals surface area contributed by atoms with Gasteiger partial charge in [-0.1, -0.05) is 0 Å². The van der Waals surface area contributed by atoms with Crippen LogP contribution >= 0.6 is 0 Å². The molecule has 162 valence electrons. The van der Waals surface area contributed by atoms with Crippen molar-refractivity contribution in [3.8, 4) is 0 Å². The topological polar surface area (TPSA) is 275 Å². The van der Waals surface area contributed by atoms with E-state index in [9.17, 15) is 51.9 Å². The molecule has 0 N–H and O–H groups in total. The van der Waals surface area contributed by atoms with Crippen LogP contribution in [-0.4, -0.2) is 89.5 Å². The summed E-state index contributed by atoms with van der Waals surface area (Å²) in [5, 5.41) is 0. The molecule has 0 saturated carbocycles. The van der Waals surface area contributed by atoms with Gasteiger partial charge in [0.05, 0.1) is 13.2 Å². The van der Waals surface area contributed by atoms with Crippen LogP contribution in [0.25, 0.3) is 0 Å². The average molecular weight is 572 g/mol. The monoisotopic (exact) mass is 572 g/mol. The van der Waals surface area contributed by atoms with Crippen LogP contribution in [0.2, 0.25) is 0 Å². The van der Waals surface area contributed by atoms with Crippen molar-refractivity contribution >= 4 is 41.6 Å². The van der Waals surface area contributed by atoms with Crippen molar-refractivity contribution in [3.63, 3.8) is 0 Å². The molecule has 0 aliphatic carbocycles. The fourth-order valence-corrected chi connectivity index (χ4v) is 3.64. The molecule has 25 heteroatoms. The molecule has 1 fully saturated rings. The minimum atomic E-state index is -5.75. The second-order valence-electron chi connectivity index (χ2n) is 4.55. The van der Waals surface area contributed by atoms with E-state index in [-0.39, 0.29) is 118 Å². The minimum absolute atomic E-state index is 0. The molecule has 0 bridgehead atoms. The standard InChI is InChI=1S/C6H12O17S4.4Na/c7-24(8,9)20-2-3-5(22-26(13,14)15)6(23-27(16,17)18)4(1-19-3)21-25(10,11)12;;;;/h3-6H,1-2H2,(H,7,8,9)(H,10,11,12)(H,13,14,15)(H,16,17,18);;;;/q;4*+1/p-4. The molecule has 17 nitrogen and oxygen atoms in total. The molecule has 4 unspecified atom stereocenters. The second-order valence-corrected chi connectivity index (χ2v) is 8.62. The Labute approximate surface area is 266 Å². The van der Waals surface area contributed by atoms with E-state index in [0.717, 1.165) is 0 Å². The predicted molar refractivity (Wildman–Crippen MR) is 69.1 cm³/mol. The van der Waals surface area contributed by atoms with Gasteiger partial charge in [-0.25, -0.2) is 33.7 Å². The van der Waals surface area contributed by atoms with Gasteiger partial charge in [0.15, 0.2) is 0 Å². The number of ether oxygens (including phenoxy) is 1. The van der Waals surface area contributed by atoms with Gasteiger partial charge in [0, 0.05) is 0 Å². The zero-order chi connectivity index (χ0) is 21.3. The minimum Gasteiger partial charge on any atom is -0.726 e. The molecule has 1 aliphatic rings. The third-order valence-corrected chi connectivity index (χ3v) is 4.43. The van der Waals surface area contributed by atoms with E-state index < -0.39 is 79.2 Å². The van der Waals surface area contributed by atoms with Crippen LogP contribution < -0.4 is 118 Å². The molecule has 1 saturated heterocycles. The summed E-state index contributed by atoms with van der Waals surface area (Å²) < 4.78 is 148. The first-order chi connectivity index (χ1) is 11.9. The van der Waals surface area contributed by atoms with Crippen molar-refractivity contribution in [3.05, 3.63) is 0 Å². The van der Waals surface area contributed by atoms with E-state index in [1.54, 1.807) is 0 Å². The molecule has 0 spiro atoms. The van der Waals surface area contributed by atoms with E-state index in [0.29, 0.717) is 0 Å². The molecule has 0 radical (unpaired) electrons. The van der Waals surface area contributed by atoms with Gasteiger partial charge in [-0.15, -0.1) is 0 Å². The number of hydrogen-bond donors (Lipinski definition) is 0. The molecule has 0 aromatic heterocycles. The van der Waals surface area contributed by atoms with Crippen molar-refractivity contribution in [1.29, 1.82) is 0 Å². The Kier molecular flexibility index (Phi) is 21.9. The summed E-state index contributed by atoms with van der Waals surface area (Å²) in [4.78, 5) is 0. The summed E-state index contributed by atoms with van der Waals surface area (Å²) in [6, 6.07) is 0. The van der Waals surface area contributed by atoms with Crippen molar-refractivity contribution in [2.45, 2.75) is 24.4 Å². The van der Waals surface area contributed by atoms with Crippen molar-refractivity contribution in [2.75, 3.05) is 13.2 Å². The van der Waals surface area contributed by atoms with E-state index in [1.807, 2.05) is 0 Å². The summed E-state index contributed by atoms with van der Waals surface area (Å²) in [7, 11) is -22.5. The van der Waals surface area contributed by atoms with Gasteiger partial charge in [0.25, 0.3) is 0 Å². The summed E-state index contributed by atoms with van der Waals surface area (Å²) in [6.07, 6.45) is -9.56. The van der Waals surface area contributed by atoms with Gasteiger partial charge in [0.2, 0.25) is 41.6 Å². The normalized spacial score (nSPS) is 24.5. The van der Waals surface area contributed by atoms with Crippen molar-refractivity contribution in [2.24, 2.45) is 0 Å². The van der Waals surface area contributed by atoms with Gasteiger partial charge in [-0.3, -0.25) is 16.7 Å². The van der Waals surface area contributed by atoms with E-state index in [4.69, 9.17) is 0 Å². The van der Waals surface area contributed by atoms with Gasteiger partial charge in [-0.2, -0.15) is 0 Å². The molecule has 0 aromatic carbocycles. The predicted octanol–water partition coefficient (Wildman–Crippen LogP) is -16.6. The Hall–Kier alpha value is 3.44. The molecular formula is C6H8Na4O17S4. The van der Waals surface area contributed by atoms with Crippen LogP contribution in [-0.2, 0) is 63.1 Å². The summed E-state index contributed by atoms with van der Waals surface area (Å²) in [5.41, 5.74) is 0. The smallest absolute Gasteiger partial charge is 0.726 e. The van der Waals surface area contributed by atoms with E-state index in [1.165, 1.54) is 0 Å². The maximum atomic E-state index is 10.8. The molecule has 1 aliphatic heterocycles. The first kappa shape index (κ1) is 41.6.